The van der Waals surface area contributed by atoms with E-state index in [1.807, 2.05) is 12.2 Å². The van der Waals surface area contributed by atoms with Gasteiger partial charge in [0.05, 0.1) is 4.92 Å². The van der Waals surface area contributed by atoms with Gasteiger partial charge in [-0.3, -0.25) is 10.1 Å². The number of nitro benzene ring substituents is 1. The Hall–Kier alpha value is -2.41. The third-order valence-corrected chi connectivity index (χ3v) is 3.39. The quantitative estimate of drug-likeness (QED) is 0.448. The second-order valence-electron chi connectivity index (χ2n) is 5.03. The third-order valence-electron chi connectivity index (χ3n) is 3.39. The molecule has 7 heteroatoms. The van der Waals surface area contributed by atoms with E-state index in [2.05, 4.69) is 10.6 Å². The minimum absolute atomic E-state index is 0.0334. The number of amides is 2. The minimum Gasteiger partial charge on any atom is -0.396 e. The molecule has 1 aliphatic carbocycles. The molecule has 2 amide bonds. The van der Waals surface area contributed by atoms with E-state index >= 15 is 0 Å². The number of hydrogen-bond acceptors (Lipinski definition) is 4. The summed E-state index contributed by atoms with van der Waals surface area (Å²) in [5.74, 6) is 0.0655. The van der Waals surface area contributed by atoms with E-state index in [0.717, 1.165) is 0 Å². The van der Waals surface area contributed by atoms with E-state index in [9.17, 15) is 14.9 Å². The number of benzene rings is 1. The lowest BCUT2D eigenvalue weighted by molar-refractivity contribution is -0.385. The maximum atomic E-state index is 11.8. The predicted molar refractivity (Wildman–Crippen MR) is 78.1 cm³/mol. The molecule has 0 radical (unpaired) electrons. The molecule has 21 heavy (non-hydrogen) atoms. The molecule has 0 heterocycles. The van der Waals surface area contributed by atoms with E-state index in [1.54, 1.807) is 19.1 Å². The summed E-state index contributed by atoms with van der Waals surface area (Å²) in [7, 11) is 0. The monoisotopic (exact) mass is 291 g/mol. The number of nitrogens with zero attached hydrogens (tertiary/aromatic N) is 1. The van der Waals surface area contributed by atoms with Gasteiger partial charge in [0.2, 0.25) is 0 Å². The predicted octanol–water partition coefficient (Wildman–Crippen LogP) is 1.96. The highest BCUT2D eigenvalue weighted by Gasteiger charge is 2.20. The Labute approximate surface area is 121 Å². The zero-order valence-electron chi connectivity index (χ0n) is 11.6. The van der Waals surface area contributed by atoms with Crippen LogP contribution in [0.3, 0.4) is 0 Å². The van der Waals surface area contributed by atoms with E-state index in [-0.39, 0.29) is 24.3 Å². The van der Waals surface area contributed by atoms with Crippen LogP contribution >= 0.6 is 0 Å². The Morgan fingerprint density at radius 1 is 1.48 bits per heavy atom. The molecule has 0 saturated heterocycles. The van der Waals surface area contributed by atoms with Crippen LogP contribution in [0.1, 0.15) is 12.0 Å². The van der Waals surface area contributed by atoms with E-state index in [1.165, 1.54) is 6.07 Å². The number of hydrogen-bond donors (Lipinski definition) is 3. The average Bonchev–Trinajstić information content (AvgIpc) is 2.88. The first kappa shape index (κ1) is 15.0. The zero-order valence-corrected chi connectivity index (χ0v) is 11.6. The molecule has 0 saturated carbocycles. The Morgan fingerprint density at radius 3 is 2.86 bits per heavy atom. The fourth-order valence-corrected chi connectivity index (χ4v) is 2.24. The Kier molecular flexibility index (Phi) is 4.54. The highest BCUT2D eigenvalue weighted by atomic mass is 16.6. The largest absolute Gasteiger partial charge is 0.396 e. The summed E-state index contributed by atoms with van der Waals surface area (Å²) in [5.41, 5.74) is 0.870. The molecule has 0 aromatic heterocycles. The molecule has 2 atom stereocenters. The number of carbonyl (C=O) groups is 1. The van der Waals surface area contributed by atoms with Crippen molar-refractivity contribution >= 4 is 17.4 Å². The number of nitro groups is 1. The van der Waals surface area contributed by atoms with Gasteiger partial charge in [-0.15, -0.1) is 0 Å². The lowest BCUT2D eigenvalue weighted by atomic mass is 10.1. The molecular weight excluding hydrogens is 274 g/mol. The van der Waals surface area contributed by atoms with Gasteiger partial charge in [-0.25, -0.2) is 4.79 Å². The third kappa shape index (κ3) is 3.79. The van der Waals surface area contributed by atoms with Crippen molar-refractivity contribution in [1.82, 2.24) is 5.32 Å². The molecule has 7 nitrogen and oxygen atoms in total. The minimum atomic E-state index is -0.482. The van der Waals surface area contributed by atoms with Gasteiger partial charge in [-0.1, -0.05) is 18.2 Å². The maximum Gasteiger partial charge on any atom is 0.319 e. The number of rotatable bonds is 4. The highest BCUT2D eigenvalue weighted by Crippen LogP contribution is 2.22. The molecule has 0 unspecified atom stereocenters. The van der Waals surface area contributed by atoms with E-state index in [4.69, 9.17) is 5.11 Å². The molecule has 0 aliphatic heterocycles. The second kappa shape index (κ2) is 6.36. The summed E-state index contributed by atoms with van der Waals surface area (Å²) in [6, 6.07) is 3.97. The normalized spacial score (nSPS) is 20.3. The van der Waals surface area contributed by atoms with Gasteiger partial charge in [-0.05, 0) is 19.4 Å². The topological polar surface area (TPSA) is 104 Å². The van der Waals surface area contributed by atoms with Crippen LogP contribution in [0.2, 0.25) is 0 Å². The van der Waals surface area contributed by atoms with Crippen molar-refractivity contribution in [3.63, 3.8) is 0 Å². The molecule has 0 spiro atoms. The van der Waals surface area contributed by atoms with E-state index in [0.29, 0.717) is 17.7 Å². The molecule has 1 aromatic rings. The fraction of sp³-hybridized carbons (Fsp3) is 0.357. The van der Waals surface area contributed by atoms with Crippen LogP contribution in [0.5, 0.6) is 0 Å². The van der Waals surface area contributed by atoms with Crippen molar-refractivity contribution in [3.05, 3.63) is 46.0 Å². The molecule has 3 N–H and O–H groups in total. The number of aryl methyl sites for hydroxylation is 1. The summed E-state index contributed by atoms with van der Waals surface area (Å²) in [5, 5.41) is 25.2. The standard InChI is InChI=1S/C14H17N3O4/c1-9-2-4-12(7-13(9)17(20)21)16-14(19)15-11-5-3-10(6-11)8-18/h2-5,7,10-11,18H,6,8H2,1H3,(H2,15,16,19)/t10-,11+/m0/s1. The number of anilines is 1. The number of aliphatic hydroxyl groups excluding tert-OH is 1. The SMILES string of the molecule is Cc1ccc(NC(=O)N[C@@H]2C=C[C@H](CO)C2)cc1[N+](=O)[O-]. The number of urea groups is 1. The van der Waals surface area contributed by atoms with Crippen LogP contribution in [0.4, 0.5) is 16.2 Å². The summed E-state index contributed by atoms with van der Waals surface area (Å²) < 4.78 is 0. The Balaban J connectivity index is 1.96. The van der Waals surface area contributed by atoms with Gasteiger partial charge in [0.25, 0.3) is 5.69 Å². The van der Waals surface area contributed by atoms with Crippen molar-refractivity contribution in [2.24, 2.45) is 5.92 Å². The van der Waals surface area contributed by atoms with Gasteiger partial charge in [0, 0.05) is 35.9 Å². The van der Waals surface area contributed by atoms with Crippen LogP contribution in [0.25, 0.3) is 0 Å². The smallest absolute Gasteiger partial charge is 0.319 e. The van der Waals surface area contributed by atoms with E-state index < -0.39 is 11.0 Å². The lowest BCUT2D eigenvalue weighted by Gasteiger charge is -2.13. The van der Waals surface area contributed by atoms with Gasteiger partial charge in [0.15, 0.2) is 0 Å². The molecule has 112 valence electrons. The Bertz CT molecular complexity index is 586. The van der Waals surface area contributed by atoms with Crippen molar-refractivity contribution in [2.45, 2.75) is 19.4 Å². The Morgan fingerprint density at radius 2 is 2.24 bits per heavy atom. The number of nitrogens with one attached hydrogen (secondary N) is 2. The van der Waals surface area contributed by atoms with Crippen molar-refractivity contribution in [3.8, 4) is 0 Å². The summed E-state index contributed by atoms with van der Waals surface area (Å²) in [6.45, 7) is 1.70. The van der Waals surface area contributed by atoms with Crippen LogP contribution < -0.4 is 10.6 Å². The lowest BCUT2D eigenvalue weighted by Crippen LogP contribution is -2.36. The molecular formula is C14H17N3O4. The summed E-state index contributed by atoms with van der Waals surface area (Å²) in [6.07, 6.45) is 4.34. The molecule has 1 aromatic carbocycles. The van der Waals surface area contributed by atoms with Crippen molar-refractivity contribution < 1.29 is 14.8 Å². The van der Waals surface area contributed by atoms with Crippen molar-refractivity contribution in [2.75, 3.05) is 11.9 Å². The fourth-order valence-electron chi connectivity index (χ4n) is 2.24. The van der Waals surface area contributed by atoms with Gasteiger partial charge in [-0.2, -0.15) is 0 Å². The zero-order chi connectivity index (χ0) is 15.4. The first-order chi connectivity index (χ1) is 9.99. The molecule has 1 aliphatic rings. The van der Waals surface area contributed by atoms with Crippen molar-refractivity contribution in [1.29, 1.82) is 0 Å². The number of carbonyl (C=O) groups excluding carboxylic acids is 1. The van der Waals surface area contributed by atoms with Crippen LogP contribution in [0, 0.1) is 23.0 Å². The molecule has 2 rings (SSSR count). The first-order valence-corrected chi connectivity index (χ1v) is 6.61. The van der Waals surface area contributed by atoms with Gasteiger partial charge < -0.3 is 15.7 Å². The second-order valence-corrected chi connectivity index (χ2v) is 5.03. The molecule has 0 fully saturated rings. The number of aliphatic hydroxyl groups is 1. The molecule has 0 bridgehead atoms. The summed E-state index contributed by atoms with van der Waals surface area (Å²) >= 11 is 0. The summed E-state index contributed by atoms with van der Waals surface area (Å²) in [4.78, 5) is 22.2. The van der Waals surface area contributed by atoms with Crippen LogP contribution in [0.15, 0.2) is 30.4 Å². The van der Waals surface area contributed by atoms with Crippen LogP contribution in [-0.2, 0) is 0 Å². The average molecular weight is 291 g/mol. The maximum absolute atomic E-state index is 11.8. The van der Waals surface area contributed by atoms with Crippen LogP contribution in [-0.4, -0.2) is 28.7 Å². The van der Waals surface area contributed by atoms with Gasteiger partial charge in [0.1, 0.15) is 0 Å². The highest BCUT2D eigenvalue weighted by molar-refractivity contribution is 5.90. The van der Waals surface area contributed by atoms with Gasteiger partial charge >= 0.3 is 6.03 Å². The first-order valence-electron chi connectivity index (χ1n) is 6.61.